The molecule has 0 aliphatic heterocycles. The molecule has 0 bridgehead atoms. The normalized spacial score (nSPS) is 13.0. The van der Waals surface area contributed by atoms with Crippen molar-refractivity contribution in [1.29, 1.82) is 0 Å². The molecule has 0 amide bonds. The largest absolute Gasteiger partial charge is 4.00 e. The first-order valence-corrected chi connectivity index (χ1v) is 14.5. The summed E-state index contributed by atoms with van der Waals surface area (Å²) in [6, 6.07) is 6.24. The minimum atomic E-state index is -3.38. The van der Waals surface area contributed by atoms with E-state index in [9.17, 15) is 4.89 Å². The van der Waals surface area contributed by atoms with Gasteiger partial charge in [-0.25, -0.2) is 0 Å². The van der Waals surface area contributed by atoms with Gasteiger partial charge >= 0.3 is 23.9 Å². The van der Waals surface area contributed by atoms with E-state index in [-0.39, 0.29) is 23.9 Å². The van der Waals surface area contributed by atoms with E-state index in [1.807, 2.05) is 0 Å². The molecule has 0 spiro atoms. The van der Waals surface area contributed by atoms with Crippen molar-refractivity contribution < 1.29 is 9.42 Å². The molecule has 0 aliphatic rings. The molecular weight excluding hydrogens is 510 g/mol. The summed E-state index contributed by atoms with van der Waals surface area (Å²) >= 11 is 9.80. The fraction of sp³-hybridized carbons (Fsp3) is 0.727. The van der Waals surface area contributed by atoms with Gasteiger partial charge in [-0.1, -0.05) is 114 Å². The monoisotopic (exact) mass is 548 g/mol. The molecular formula is C22H37O2PS2Sn+2. The van der Waals surface area contributed by atoms with Gasteiger partial charge in [-0.3, -0.25) is 0 Å². The molecule has 156 valence electrons. The molecule has 1 aromatic carbocycles. The van der Waals surface area contributed by atoms with Crippen LogP contribution in [0.4, 0.5) is 0 Å². The van der Waals surface area contributed by atoms with Crippen LogP contribution in [0.3, 0.4) is 0 Å². The van der Waals surface area contributed by atoms with Crippen LogP contribution in [0.1, 0.15) is 102 Å². The zero-order valence-electron chi connectivity index (χ0n) is 17.7. The Balaban J connectivity index is 0.00000729. The molecule has 1 aromatic rings. The Kier molecular flexibility index (Phi) is 17.9. The molecule has 2 nitrogen and oxygen atoms in total. The van der Waals surface area contributed by atoms with Crippen LogP contribution >= 0.6 is 5.69 Å². The fourth-order valence-electron chi connectivity index (χ4n) is 3.45. The molecule has 1 rings (SSSR count). The molecule has 0 saturated heterocycles. The van der Waals surface area contributed by atoms with Gasteiger partial charge in [0.15, 0.2) is 0 Å². The van der Waals surface area contributed by atoms with E-state index < -0.39 is 5.69 Å². The number of hydrogen-bond acceptors (Lipinski definition) is 4. The van der Waals surface area contributed by atoms with E-state index >= 15 is 0 Å². The fourth-order valence-corrected chi connectivity index (χ4v) is 4.36. The van der Waals surface area contributed by atoms with Gasteiger partial charge in [0.25, 0.3) is 0 Å². The van der Waals surface area contributed by atoms with Crippen molar-refractivity contribution >= 4 is 53.7 Å². The summed E-state index contributed by atoms with van der Waals surface area (Å²) in [5, 5.41) is 0. The van der Waals surface area contributed by atoms with Crippen LogP contribution in [0.25, 0.3) is 0 Å². The van der Waals surface area contributed by atoms with Gasteiger partial charge in [0.2, 0.25) is 0 Å². The van der Waals surface area contributed by atoms with Gasteiger partial charge in [-0.2, -0.15) is 0 Å². The van der Waals surface area contributed by atoms with Crippen molar-refractivity contribution in [3.8, 4) is 5.75 Å². The number of rotatable bonds is 16. The third kappa shape index (κ3) is 13.9. The Labute approximate surface area is 200 Å². The first kappa shape index (κ1) is 28.8. The molecule has 0 N–H and O–H groups in total. The molecule has 0 radical (unpaired) electrons. The van der Waals surface area contributed by atoms with Crippen LogP contribution in [-0.4, -0.2) is 23.9 Å². The van der Waals surface area contributed by atoms with Gasteiger partial charge < -0.3 is 21.7 Å². The smallest absolute Gasteiger partial charge is 0.809 e. The first-order chi connectivity index (χ1) is 13.0. The summed E-state index contributed by atoms with van der Waals surface area (Å²) < 4.78 is 5.64. The Morgan fingerprint density at radius 1 is 0.821 bits per heavy atom. The summed E-state index contributed by atoms with van der Waals surface area (Å²) in [5.41, 5.74) is -1.15. The summed E-state index contributed by atoms with van der Waals surface area (Å²) in [6.07, 6.45) is 16.9. The average molecular weight is 547 g/mol. The molecule has 1 atom stereocenters. The van der Waals surface area contributed by atoms with Crippen LogP contribution in [-0.2, 0) is 36.9 Å². The molecule has 0 heterocycles. The minimum Gasteiger partial charge on any atom is -0.809 e. The van der Waals surface area contributed by atoms with Crippen molar-refractivity contribution in [3.63, 3.8) is 0 Å². The second kappa shape index (κ2) is 17.5. The predicted molar refractivity (Wildman–Crippen MR) is 129 cm³/mol. The third-order valence-electron chi connectivity index (χ3n) is 4.98. The zero-order chi connectivity index (χ0) is 20.0. The van der Waals surface area contributed by atoms with Crippen molar-refractivity contribution in [2.45, 2.75) is 104 Å². The maximum atomic E-state index is 12.0. The second-order valence-electron chi connectivity index (χ2n) is 7.48. The first-order valence-electron chi connectivity index (χ1n) is 10.8. The van der Waals surface area contributed by atoms with Gasteiger partial charge in [-0.15, -0.1) is 0 Å². The van der Waals surface area contributed by atoms with Crippen LogP contribution in [0.5, 0.6) is 5.75 Å². The quantitative estimate of drug-likeness (QED) is 0.101. The number of hydrogen-bond donors (Lipinski definition) is 0. The standard InChI is InChI=1S/C22H39O2PS2.Sn/c1-3-5-7-9-11-13-16-20-18-15-19-21(22(20)24-25(23,26)27)17-14-12-10-8-6-4-2;/h15,18-19H,3-14,16-17H2,1-2H3,(H2,23,26,27);/q;+4/p-2. The van der Waals surface area contributed by atoms with Gasteiger partial charge in [0, 0.05) is 0 Å². The zero-order valence-corrected chi connectivity index (χ0v) is 23.1. The van der Waals surface area contributed by atoms with E-state index in [1.165, 1.54) is 64.2 Å². The second-order valence-corrected chi connectivity index (χ2v) is 12.1. The maximum Gasteiger partial charge on any atom is 4.00 e. The van der Waals surface area contributed by atoms with E-state index in [4.69, 9.17) is 28.6 Å². The predicted octanol–water partition coefficient (Wildman–Crippen LogP) is 6.62. The number of benzene rings is 1. The van der Waals surface area contributed by atoms with Crippen molar-refractivity contribution in [2.24, 2.45) is 0 Å². The molecule has 1 unspecified atom stereocenters. The SMILES string of the molecule is CCCCCCCCc1cccc(CCCCCCCC)c1OP([O-])(=S)[S-].[Sn+4]. The summed E-state index contributed by atoms with van der Waals surface area (Å²) in [4.78, 5) is 12.0. The van der Waals surface area contributed by atoms with Crippen molar-refractivity contribution in [3.05, 3.63) is 29.3 Å². The van der Waals surface area contributed by atoms with Crippen molar-refractivity contribution in [2.75, 3.05) is 0 Å². The van der Waals surface area contributed by atoms with Gasteiger partial charge in [0.1, 0.15) is 5.75 Å². The van der Waals surface area contributed by atoms with E-state index in [0.29, 0.717) is 5.75 Å². The van der Waals surface area contributed by atoms with E-state index in [0.717, 1.165) is 36.8 Å². The molecule has 0 fully saturated rings. The number of unbranched alkanes of at least 4 members (excludes halogenated alkanes) is 10. The Morgan fingerprint density at radius 3 is 1.61 bits per heavy atom. The summed E-state index contributed by atoms with van der Waals surface area (Å²) in [7, 11) is 0. The van der Waals surface area contributed by atoms with Crippen LogP contribution < -0.4 is 9.42 Å². The molecule has 0 saturated carbocycles. The van der Waals surface area contributed by atoms with Gasteiger partial charge in [-0.05, 0) is 36.8 Å². The topological polar surface area (TPSA) is 32.3 Å². The van der Waals surface area contributed by atoms with E-state index in [1.54, 1.807) is 0 Å². The summed E-state index contributed by atoms with van der Waals surface area (Å²) in [6.45, 7) is 4.47. The van der Waals surface area contributed by atoms with E-state index in [2.05, 4.69) is 32.0 Å². The molecule has 0 aliphatic carbocycles. The molecule has 28 heavy (non-hydrogen) atoms. The van der Waals surface area contributed by atoms with Crippen LogP contribution in [0.15, 0.2) is 18.2 Å². The number of aryl methyl sites for hydroxylation is 2. The minimum absolute atomic E-state index is 0. The third-order valence-corrected chi connectivity index (χ3v) is 5.83. The van der Waals surface area contributed by atoms with Crippen LogP contribution in [0.2, 0.25) is 0 Å². The molecule has 6 heteroatoms. The Morgan fingerprint density at radius 2 is 1.21 bits per heavy atom. The summed E-state index contributed by atoms with van der Waals surface area (Å²) in [5.74, 6) is 0.716. The van der Waals surface area contributed by atoms with Crippen LogP contribution in [0, 0.1) is 0 Å². The van der Waals surface area contributed by atoms with Crippen molar-refractivity contribution in [1.82, 2.24) is 0 Å². The average Bonchev–Trinajstić information content (AvgIpc) is 2.61. The Bertz CT molecular complexity index is 529. The van der Waals surface area contributed by atoms with Gasteiger partial charge in [0.05, 0.1) is 0 Å². The maximum absolute atomic E-state index is 12.0. The Hall–Kier alpha value is 0.779. The molecule has 0 aromatic heterocycles. The number of para-hydroxylation sites is 1.